The van der Waals surface area contributed by atoms with Crippen molar-refractivity contribution in [1.29, 1.82) is 0 Å². The zero-order valence-electron chi connectivity index (χ0n) is 11.0. The second-order valence-corrected chi connectivity index (χ2v) is 8.13. The van der Waals surface area contributed by atoms with Gasteiger partial charge in [-0.15, -0.1) is 22.9 Å². The van der Waals surface area contributed by atoms with Crippen LogP contribution in [0, 0.1) is 0 Å². The Balaban J connectivity index is 2.09. The van der Waals surface area contributed by atoms with Crippen molar-refractivity contribution in [3.05, 3.63) is 22.4 Å². The molecule has 0 N–H and O–H groups in total. The molecule has 0 saturated heterocycles. The highest BCUT2D eigenvalue weighted by molar-refractivity contribution is 7.86. The molecule has 1 aliphatic rings. The van der Waals surface area contributed by atoms with Gasteiger partial charge in [-0.1, -0.05) is 6.07 Å². The van der Waals surface area contributed by atoms with E-state index in [-0.39, 0.29) is 6.04 Å². The van der Waals surface area contributed by atoms with Gasteiger partial charge in [0.1, 0.15) is 0 Å². The summed E-state index contributed by atoms with van der Waals surface area (Å²) in [5.41, 5.74) is 0. The summed E-state index contributed by atoms with van der Waals surface area (Å²) in [4.78, 5) is 1.08. The zero-order chi connectivity index (χ0) is 13.9. The molecule has 0 aromatic carbocycles. The lowest BCUT2D eigenvalue weighted by atomic mass is 10.4. The summed E-state index contributed by atoms with van der Waals surface area (Å²) < 4.78 is 28.2. The predicted octanol–water partition coefficient (Wildman–Crippen LogP) is 2.52. The number of alkyl halides is 1. The van der Waals surface area contributed by atoms with Crippen LogP contribution in [0.4, 0.5) is 0 Å². The Hall–Kier alpha value is -0.140. The molecule has 19 heavy (non-hydrogen) atoms. The van der Waals surface area contributed by atoms with Gasteiger partial charge in [-0.05, 0) is 30.7 Å². The van der Waals surface area contributed by atoms with Gasteiger partial charge in [-0.25, -0.2) is 0 Å². The number of rotatable bonds is 8. The van der Waals surface area contributed by atoms with Gasteiger partial charge in [-0.3, -0.25) is 0 Å². The van der Waals surface area contributed by atoms with Crippen LogP contribution in [0.3, 0.4) is 0 Å². The maximum atomic E-state index is 12.6. The Bertz CT molecular complexity index is 486. The first-order chi connectivity index (χ1) is 9.05. The van der Waals surface area contributed by atoms with Gasteiger partial charge in [0.25, 0.3) is 10.2 Å². The van der Waals surface area contributed by atoms with E-state index in [1.165, 1.54) is 4.31 Å². The monoisotopic (exact) mass is 322 g/mol. The lowest BCUT2D eigenvalue weighted by Crippen LogP contribution is -2.43. The normalized spacial score (nSPS) is 16.4. The van der Waals surface area contributed by atoms with E-state index in [0.717, 1.165) is 17.7 Å². The van der Waals surface area contributed by atoms with E-state index in [2.05, 4.69) is 0 Å². The summed E-state index contributed by atoms with van der Waals surface area (Å²) in [6, 6.07) is 4.11. The third-order valence-corrected chi connectivity index (χ3v) is 6.26. The highest BCUT2D eigenvalue weighted by Gasteiger charge is 2.39. The minimum absolute atomic E-state index is 0.172. The number of halogens is 1. The standard InChI is InChI=1S/C12H19ClN2O2S2/c1-14(8-3-7-13)19(16,17)15(11-5-6-11)10-12-4-2-9-18-12/h2,4,9,11H,3,5-8,10H2,1H3. The molecule has 0 bridgehead atoms. The molecule has 7 heteroatoms. The van der Waals surface area contributed by atoms with Gasteiger partial charge in [0.15, 0.2) is 0 Å². The van der Waals surface area contributed by atoms with Gasteiger partial charge in [-0.2, -0.15) is 17.0 Å². The first-order valence-electron chi connectivity index (χ1n) is 6.37. The van der Waals surface area contributed by atoms with Crippen molar-refractivity contribution in [3.8, 4) is 0 Å². The minimum Gasteiger partial charge on any atom is -0.195 e. The Morgan fingerprint density at radius 3 is 2.74 bits per heavy atom. The SMILES string of the molecule is CN(CCCCl)S(=O)(=O)N(Cc1cccs1)C1CC1. The molecule has 4 nitrogen and oxygen atoms in total. The van der Waals surface area contributed by atoms with Crippen LogP contribution in [0.2, 0.25) is 0 Å². The molecule has 0 aliphatic heterocycles. The van der Waals surface area contributed by atoms with Crippen molar-refractivity contribution in [2.24, 2.45) is 0 Å². The zero-order valence-corrected chi connectivity index (χ0v) is 13.3. The minimum atomic E-state index is -3.37. The van der Waals surface area contributed by atoms with Crippen molar-refractivity contribution in [1.82, 2.24) is 8.61 Å². The van der Waals surface area contributed by atoms with E-state index in [1.807, 2.05) is 17.5 Å². The molecule has 0 spiro atoms. The van der Waals surface area contributed by atoms with Gasteiger partial charge in [0.05, 0.1) is 0 Å². The van der Waals surface area contributed by atoms with E-state index >= 15 is 0 Å². The Labute approximate surface area is 124 Å². The van der Waals surface area contributed by atoms with Crippen LogP contribution in [-0.4, -0.2) is 42.5 Å². The molecule has 0 radical (unpaired) electrons. The molecule has 1 aliphatic carbocycles. The Morgan fingerprint density at radius 2 is 2.21 bits per heavy atom. The predicted molar refractivity (Wildman–Crippen MR) is 79.8 cm³/mol. The third kappa shape index (κ3) is 3.92. The van der Waals surface area contributed by atoms with Crippen LogP contribution >= 0.6 is 22.9 Å². The van der Waals surface area contributed by atoms with Crippen LogP contribution in [0.5, 0.6) is 0 Å². The topological polar surface area (TPSA) is 40.6 Å². The van der Waals surface area contributed by atoms with Crippen LogP contribution in [0.1, 0.15) is 24.1 Å². The van der Waals surface area contributed by atoms with E-state index in [0.29, 0.717) is 25.4 Å². The maximum absolute atomic E-state index is 12.6. The van der Waals surface area contributed by atoms with Crippen molar-refractivity contribution in [3.63, 3.8) is 0 Å². The summed E-state index contributed by atoms with van der Waals surface area (Å²) >= 11 is 7.23. The number of hydrogen-bond donors (Lipinski definition) is 0. The summed E-state index contributed by atoms with van der Waals surface area (Å²) in [6.45, 7) is 0.954. The molecule has 2 rings (SSSR count). The maximum Gasteiger partial charge on any atom is 0.282 e. The second-order valence-electron chi connectivity index (χ2n) is 4.73. The van der Waals surface area contributed by atoms with Crippen molar-refractivity contribution >= 4 is 33.1 Å². The molecule has 1 fully saturated rings. The summed E-state index contributed by atoms with van der Waals surface area (Å²) in [5.74, 6) is 0.480. The van der Waals surface area contributed by atoms with Crippen LogP contribution in [-0.2, 0) is 16.8 Å². The molecule has 0 unspecified atom stereocenters. The van der Waals surface area contributed by atoms with E-state index in [1.54, 1.807) is 22.7 Å². The van der Waals surface area contributed by atoms with Crippen LogP contribution in [0.15, 0.2) is 17.5 Å². The lowest BCUT2D eigenvalue weighted by Gasteiger charge is -2.27. The van der Waals surface area contributed by atoms with Crippen LogP contribution < -0.4 is 0 Å². The molecule has 0 atom stereocenters. The fourth-order valence-corrected chi connectivity index (χ4v) is 4.41. The number of hydrogen-bond acceptors (Lipinski definition) is 3. The molecule has 0 amide bonds. The van der Waals surface area contributed by atoms with Crippen molar-refractivity contribution < 1.29 is 8.42 Å². The van der Waals surface area contributed by atoms with Crippen LogP contribution in [0.25, 0.3) is 0 Å². The molecule has 1 heterocycles. The fourth-order valence-electron chi connectivity index (χ4n) is 1.89. The molecular weight excluding hydrogens is 304 g/mol. The van der Waals surface area contributed by atoms with E-state index < -0.39 is 10.2 Å². The summed E-state index contributed by atoms with van der Waals surface area (Å²) in [5, 5.41) is 1.98. The van der Waals surface area contributed by atoms with Gasteiger partial charge in [0, 0.05) is 36.9 Å². The molecular formula is C12H19ClN2O2S2. The average Bonchev–Trinajstić information content (AvgIpc) is 3.09. The first kappa shape index (κ1) is 15.3. The first-order valence-corrected chi connectivity index (χ1v) is 9.18. The molecule has 1 aromatic rings. The van der Waals surface area contributed by atoms with Gasteiger partial charge < -0.3 is 0 Å². The summed E-state index contributed by atoms with van der Waals surface area (Å²) in [6.07, 6.45) is 2.61. The molecule has 1 aromatic heterocycles. The Morgan fingerprint density at radius 1 is 1.47 bits per heavy atom. The summed E-state index contributed by atoms with van der Waals surface area (Å²) in [7, 11) is -1.74. The molecule has 1 saturated carbocycles. The number of nitrogens with zero attached hydrogens (tertiary/aromatic N) is 2. The largest absolute Gasteiger partial charge is 0.282 e. The van der Waals surface area contributed by atoms with Crippen molar-refractivity contribution in [2.75, 3.05) is 19.5 Å². The average molecular weight is 323 g/mol. The van der Waals surface area contributed by atoms with Crippen molar-refractivity contribution in [2.45, 2.75) is 31.8 Å². The van der Waals surface area contributed by atoms with E-state index in [9.17, 15) is 8.42 Å². The molecule has 108 valence electrons. The third-order valence-electron chi connectivity index (χ3n) is 3.14. The van der Waals surface area contributed by atoms with Gasteiger partial charge in [0.2, 0.25) is 0 Å². The quantitative estimate of drug-likeness (QED) is 0.690. The highest BCUT2D eigenvalue weighted by atomic mass is 35.5. The Kier molecular flexibility index (Phi) is 5.25. The van der Waals surface area contributed by atoms with Gasteiger partial charge >= 0.3 is 0 Å². The van der Waals surface area contributed by atoms with E-state index in [4.69, 9.17) is 11.6 Å². The number of thiophene rings is 1. The lowest BCUT2D eigenvalue weighted by molar-refractivity contribution is 0.349. The highest BCUT2D eigenvalue weighted by Crippen LogP contribution is 2.32. The second kappa shape index (κ2) is 6.54. The fraction of sp³-hybridized carbons (Fsp3) is 0.667. The smallest absolute Gasteiger partial charge is 0.195 e.